The molecule has 0 spiro atoms. The molecule has 0 bridgehead atoms. The molecule has 0 aliphatic carbocycles. The molecule has 2 rings (SSSR count). The van der Waals surface area contributed by atoms with Crippen molar-refractivity contribution >= 4 is 24.1 Å². The number of carbonyl (C=O) groups is 1. The molecule has 5 nitrogen and oxygen atoms in total. The summed E-state index contributed by atoms with van der Waals surface area (Å²) in [5, 5.41) is 10.2. The summed E-state index contributed by atoms with van der Waals surface area (Å²) >= 11 is 0. The van der Waals surface area contributed by atoms with Gasteiger partial charge in [0, 0.05) is 19.2 Å². The molecule has 0 radical (unpaired) electrons. The fraction of sp³-hybridized carbons (Fsp3) is 0.176. The first-order valence-corrected chi connectivity index (χ1v) is 6.90. The maximum atomic E-state index is 12.2. The first-order chi connectivity index (χ1) is 10.6. The molecule has 0 heterocycles. The van der Waals surface area contributed by atoms with Crippen LogP contribution in [-0.4, -0.2) is 18.9 Å². The number of halogens is 1. The summed E-state index contributed by atoms with van der Waals surface area (Å²) in [5.41, 5.74) is 7.81. The Hall–Kier alpha value is -2.37. The molecule has 23 heavy (non-hydrogen) atoms. The Bertz CT molecular complexity index is 645. The number of carbonyl (C=O) groups excluding carboxylic acids is 1. The van der Waals surface area contributed by atoms with E-state index in [9.17, 15) is 4.79 Å². The molecule has 0 saturated carbocycles. The SMILES string of the molecule is CO[C@@H](C(=O)NCc1ccc(C(=N)N)cc1)c1ccccc1.Cl. The zero-order valence-electron chi connectivity index (χ0n) is 12.8. The van der Waals surface area contributed by atoms with Crippen LogP contribution in [-0.2, 0) is 16.1 Å². The quantitative estimate of drug-likeness (QED) is 0.560. The Morgan fingerprint density at radius 3 is 2.30 bits per heavy atom. The van der Waals surface area contributed by atoms with Crippen molar-refractivity contribution in [3.8, 4) is 0 Å². The van der Waals surface area contributed by atoms with E-state index >= 15 is 0 Å². The highest BCUT2D eigenvalue weighted by molar-refractivity contribution is 5.94. The second-order valence-corrected chi connectivity index (χ2v) is 4.85. The third kappa shape index (κ3) is 5.09. The molecule has 0 fully saturated rings. The van der Waals surface area contributed by atoms with Crippen LogP contribution in [0.25, 0.3) is 0 Å². The van der Waals surface area contributed by atoms with Crippen molar-refractivity contribution in [3.05, 3.63) is 71.3 Å². The van der Waals surface area contributed by atoms with Crippen LogP contribution in [0, 0.1) is 5.41 Å². The number of hydrogen-bond donors (Lipinski definition) is 3. The van der Waals surface area contributed by atoms with Gasteiger partial charge in [0.2, 0.25) is 0 Å². The van der Waals surface area contributed by atoms with Crippen LogP contribution in [0.1, 0.15) is 22.8 Å². The summed E-state index contributed by atoms with van der Waals surface area (Å²) in [6, 6.07) is 16.5. The maximum Gasteiger partial charge on any atom is 0.254 e. The highest BCUT2D eigenvalue weighted by Gasteiger charge is 2.19. The van der Waals surface area contributed by atoms with E-state index in [0.29, 0.717) is 12.1 Å². The molecular formula is C17H20ClN3O2. The van der Waals surface area contributed by atoms with E-state index in [1.165, 1.54) is 7.11 Å². The standard InChI is InChI=1S/C17H19N3O2.ClH/c1-22-15(13-5-3-2-4-6-13)17(21)20-11-12-7-9-14(10-8-12)16(18)19;/h2-10,15H,11H2,1H3,(H3,18,19)(H,20,21);1H/t15-;/m1./s1. The van der Waals surface area contributed by atoms with Crippen LogP contribution in [0.15, 0.2) is 54.6 Å². The van der Waals surface area contributed by atoms with Gasteiger partial charge in [-0.05, 0) is 11.1 Å². The fourth-order valence-corrected chi connectivity index (χ4v) is 2.11. The number of rotatable bonds is 6. The van der Waals surface area contributed by atoms with Crippen LogP contribution in [0.3, 0.4) is 0 Å². The fourth-order valence-electron chi connectivity index (χ4n) is 2.11. The molecule has 2 aromatic rings. The lowest BCUT2D eigenvalue weighted by atomic mass is 10.1. The van der Waals surface area contributed by atoms with Crippen LogP contribution >= 0.6 is 12.4 Å². The Balaban J connectivity index is 0.00000264. The van der Waals surface area contributed by atoms with Crippen molar-refractivity contribution in [1.29, 1.82) is 5.41 Å². The smallest absolute Gasteiger partial charge is 0.254 e. The van der Waals surface area contributed by atoms with Crippen LogP contribution in [0.5, 0.6) is 0 Å². The number of nitrogens with one attached hydrogen (secondary N) is 2. The molecule has 0 unspecified atom stereocenters. The molecular weight excluding hydrogens is 314 g/mol. The summed E-state index contributed by atoms with van der Waals surface area (Å²) in [6.45, 7) is 0.393. The number of ether oxygens (including phenoxy) is 1. The van der Waals surface area contributed by atoms with Crippen LogP contribution in [0.2, 0.25) is 0 Å². The van der Waals surface area contributed by atoms with Gasteiger partial charge in [-0.2, -0.15) is 0 Å². The van der Waals surface area contributed by atoms with Crippen LogP contribution < -0.4 is 11.1 Å². The van der Waals surface area contributed by atoms with E-state index < -0.39 is 6.10 Å². The van der Waals surface area contributed by atoms with Gasteiger partial charge >= 0.3 is 0 Å². The molecule has 0 saturated heterocycles. The summed E-state index contributed by atoms with van der Waals surface area (Å²) in [6.07, 6.45) is -0.627. The lowest BCUT2D eigenvalue weighted by molar-refractivity contribution is -0.131. The molecule has 1 amide bonds. The van der Waals surface area contributed by atoms with Crippen molar-refractivity contribution < 1.29 is 9.53 Å². The number of amides is 1. The van der Waals surface area contributed by atoms with Gasteiger partial charge in [0.15, 0.2) is 6.10 Å². The van der Waals surface area contributed by atoms with Crippen molar-refractivity contribution in [3.63, 3.8) is 0 Å². The lowest BCUT2D eigenvalue weighted by Crippen LogP contribution is -2.30. The molecule has 0 aromatic heterocycles. The Morgan fingerprint density at radius 1 is 1.17 bits per heavy atom. The highest BCUT2D eigenvalue weighted by atomic mass is 35.5. The minimum Gasteiger partial charge on any atom is -0.384 e. The average molecular weight is 334 g/mol. The Kier molecular flexibility index (Phi) is 7.25. The average Bonchev–Trinajstić information content (AvgIpc) is 2.55. The van der Waals surface area contributed by atoms with E-state index in [1.54, 1.807) is 12.1 Å². The Labute approximate surface area is 141 Å². The first-order valence-electron chi connectivity index (χ1n) is 6.90. The predicted octanol–water partition coefficient (Wildman–Crippen LogP) is 2.40. The number of nitrogen functional groups attached to an aromatic ring is 1. The van der Waals surface area contributed by atoms with Gasteiger partial charge in [-0.15, -0.1) is 12.4 Å². The second kappa shape index (κ2) is 8.92. The summed E-state index contributed by atoms with van der Waals surface area (Å²) in [4.78, 5) is 12.2. The van der Waals surface area contributed by atoms with Gasteiger partial charge in [0.05, 0.1) is 0 Å². The lowest BCUT2D eigenvalue weighted by Gasteiger charge is -2.15. The van der Waals surface area contributed by atoms with E-state index in [1.807, 2.05) is 42.5 Å². The van der Waals surface area contributed by atoms with Crippen LogP contribution in [0.4, 0.5) is 0 Å². The zero-order valence-corrected chi connectivity index (χ0v) is 13.6. The summed E-state index contributed by atoms with van der Waals surface area (Å²) in [7, 11) is 1.51. The molecule has 122 valence electrons. The molecule has 0 aliphatic heterocycles. The van der Waals surface area contributed by atoms with Gasteiger partial charge in [-0.3, -0.25) is 10.2 Å². The second-order valence-electron chi connectivity index (χ2n) is 4.85. The summed E-state index contributed by atoms with van der Waals surface area (Å²) < 4.78 is 5.28. The molecule has 1 atom stereocenters. The minimum atomic E-state index is -0.627. The number of hydrogen-bond acceptors (Lipinski definition) is 3. The Morgan fingerprint density at radius 2 is 1.78 bits per heavy atom. The van der Waals surface area contributed by atoms with Gasteiger partial charge < -0.3 is 15.8 Å². The van der Waals surface area contributed by atoms with Crippen molar-refractivity contribution in [2.24, 2.45) is 5.73 Å². The largest absolute Gasteiger partial charge is 0.384 e. The number of methoxy groups -OCH3 is 1. The van der Waals surface area contributed by atoms with E-state index in [4.69, 9.17) is 15.9 Å². The van der Waals surface area contributed by atoms with Crippen molar-refractivity contribution in [2.75, 3.05) is 7.11 Å². The normalized spacial score (nSPS) is 11.2. The number of benzene rings is 2. The number of amidine groups is 1. The topological polar surface area (TPSA) is 88.2 Å². The van der Waals surface area contributed by atoms with Crippen molar-refractivity contribution in [2.45, 2.75) is 12.6 Å². The molecule has 0 aliphatic rings. The van der Waals surface area contributed by atoms with E-state index in [-0.39, 0.29) is 24.1 Å². The third-order valence-electron chi connectivity index (χ3n) is 3.31. The van der Waals surface area contributed by atoms with Gasteiger partial charge in [0.1, 0.15) is 5.84 Å². The highest BCUT2D eigenvalue weighted by Crippen LogP contribution is 2.16. The zero-order chi connectivity index (χ0) is 15.9. The minimum absolute atomic E-state index is 0. The molecule has 4 N–H and O–H groups in total. The first kappa shape index (κ1) is 18.7. The van der Waals surface area contributed by atoms with E-state index in [0.717, 1.165) is 11.1 Å². The maximum absolute atomic E-state index is 12.2. The summed E-state index contributed by atoms with van der Waals surface area (Å²) in [5.74, 6) is -0.163. The predicted molar refractivity (Wildman–Crippen MR) is 92.7 cm³/mol. The molecule has 2 aromatic carbocycles. The van der Waals surface area contributed by atoms with E-state index in [2.05, 4.69) is 5.32 Å². The monoisotopic (exact) mass is 333 g/mol. The third-order valence-corrected chi connectivity index (χ3v) is 3.31. The van der Waals surface area contributed by atoms with Gasteiger partial charge in [0.25, 0.3) is 5.91 Å². The molecule has 6 heteroatoms. The van der Waals surface area contributed by atoms with Gasteiger partial charge in [-0.25, -0.2) is 0 Å². The van der Waals surface area contributed by atoms with Gasteiger partial charge in [-0.1, -0.05) is 54.6 Å². The van der Waals surface area contributed by atoms with Crippen molar-refractivity contribution in [1.82, 2.24) is 5.32 Å². The number of nitrogens with two attached hydrogens (primary N) is 1.